The fourth-order valence-corrected chi connectivity index (χ4v) is 1.22. The van der Waals surface area contributed by atoms with Gasteiger partial charge in [-0.1, -0.05) is 0 Å². The maximum Gasteiger partial charge on any atom is 0.392 e. The molecule has 0 spiro atoms. The normalized spacial score (nSPS) is 12.2. The molecule has 0 bridgehead atoms. The monoisotopic (exact) mass is 227 g/mol. The molecule has 1 heterocycles. The lowest BCUT2D eigenvalue weighted by atomic mass is 10.3. The Morgan fingerprint density at radius 1 is 1.75 bits per heavy atom. The fourth-order valence-electron chi connectivity index (χ4n) is 1.22. The molecule has 7 heteroatoms. The van der Waals surface area contributed by atoms with Gasteiger partial charge in [0, 0.05) is 0 Å². The highest BCUT2D eigenvalue weighted by Crippen LogP contribution is 2.17. The molecule has 0 N–H and O–H groups in total. The second-order valence-electron chi connectivity index (χ2n) is 3.30. The highest BCUT2D eigenvalue weighted by Gasteiger charge is 2.24. The van der Waals surface area contributed by atoms with Crippen LogP contribution in [0.15, 0.2) is 6.20 Å². The first-order valence-electron chi connectivity index (χ1n) is 4.84. The molecular formula is C9H13N3O4. The van der Waals surface area contributed by atoms with Crippen LogP contribution in [0.2, 0.25) is 0 Å². The van der Waals surface area contributed by atoms with Crippen LogP contribution in [-0.4, -0.2) is 27.3 Å². The summed E-state index contributed by atoms with van der Waals surface area (Å²) in [5, 5.41) is 14.3. The summed E-state index contributed by atoms with van der Waals surface area (Å²) in [6.45, 7) is 5.11. The molecular weight excluding hydrogens is 214 g/mol. The molecule has 0 aliphatic heterocycles. The van der Waals surface area contributed by atoms with Crippen LogP contribution < -0.4 is 0 Å². The zero-order chi connectivity index (χ0) is 12.3. The van der Waals surface area contributed by atoms with Crippen LogP contribution in [0.1, 0.15) is 25.5 Å². The Balaban J connectivity index is 2.92. The van der Waals surface area contributed by atoms with E-state index < -0.39 is 16.9 Å². The van der Waals surface area contributed by atoms with Crippen LogP contribution in [0.25, 0.3) is 0 Å². The SMILES string of the molecule is CCOC(=O)C(C)n1cc(C)c([N+](=O)[O-])n1. The van der Waals surface area contributed by atoms with E-state index in [-0.39, 0.29) is 12.4 Å². The van der Waals surface area contributed by atoms with E-state index in [1.54, 1.807) is 20.8 Å². The number of carbonyl (C=O) groups is 1. The average molecular weight is 227 g/mol. The minimum Gasteiger partial charge on any atom is -0.464 e. The molecule has 88 valence electrons. The highest BCUT2D eigenvalue weighted by atomic mass is 16.6. The first-order chi connectivity index (χ1) is 7.47. The Bertz CT molecular complexity index is 413. The van der Waals surface area contributed by atoms with Gasteiger partial charge < -0.3 is 14.9 Å². The fraction of sp³-hybridized carbons (Fsp3) is 0.556. The van der Waals surface area contributed by atoms with Gasteiger partial charge >= 0.3 is 11.8 Å². The van der Waals surface area contributed by atoms with Gasteiger partial charge in [0.1, 0.15) is 0 Å². The Kier molecular flexibility index (Phi) is 3.60. The number of ether oxygens (including phenoxy) is 1. The summed E-state index contributed by atoms with van der Waals surface area (Å²) >= 11 is 0. The second kappa shape index (κ2) is 4.73. The van der Waals surface area contributed by atoms with Gasteiger partial charge in [-0.05, 0) is 25.7 Å². The molecule has 1 unspecified atom stereocenters. The summed E-state index contributed by atoms with van der Waals surface area (Å²) in [6, 6.07) is -0.660. The van der Waals surface area contributed by atoms with Crippen molar-refractivity contribution in [1.82, 2.24) is 9.78 Å². The molecule has 1 atom stereocenters. The summed E-state index contributed by atoms with van der Waals surface area (Å²) in [4.78, 5) is 21.4. The Labute approximate surface area is 92.2 Å². The summed E-state index contributed by atoms with van der Waals surface area (Å²) < 4.78 is 6.04. The molecule has 0 saturated heterocycles. The third-order valence-corrected chi connectivity index (χ3v) is 2.09. The van der Waals surface area contributed by atoms with Crippen molar-refractivity contribution in [3.05, 3.63) is 21.9 Å². The number of hydrogen-bond acceptors (Lipinski definition) is 5. The van der Waals surface area contributed by atoms with Crippen LogP contribution >= 0.6 is 0 Å². The molecule has 16 heavy (non-hydrogen) atoms. The van der Waals surface area contributed by atoms with E-state index in [0.717, 1.165) is 0 Å². The van der Waals surface area contributed by atoms with Gasteiger partial charge in [-0.3, -0.25) is 0 Å². The molecule has 0 aromatic carbocycles. The third kappa shape index (κ3) is 2.36. The summed E-state index contributed by atoms with van der Waals surface area (Å²) in [5.74, 6) is -0.698. The van der Waals surface area contributed by atoms with Gasteiger partial charge in [0.15, 0.2) is 6.04 Å². The second-order valence-corrected chi connectivity index (χ2v) is 3.30. The van der Waals surface area contributed by atoms with Crippen molar-refractivity contribution < 1.29 is 14.5 Å². The number of carbonyl (C=O) groups excluding carboxylic acids is 1. The van der Waals surface area contributed by atoms with E-state index >= 15 is 0 Å². The van der Waals surface area contributed by atoms with Crippen LogP contribution in [0.3, 0.4) is 0 Å². The summed E-state index contributed by atoms with van der Waals surface area (Å²) in [6.07, 6.45) is 1.46. The zero-order valence-corrected chi connectivity index (χ0v) is 9.34. The summed E-state index contributed by atoms with van der Waals surface area (Å²) in [5.41, 5.74) is 0.418. The minimum atomic E-state index is -0.660. The molecule has 1 aromatic rings. The lowest BCUT2D eigenvalue weighted by molar-refractivity contribution is -0.390. The molecule has 0 aliphatic carbocycles. The largest absolute Gasteiger partial charge is 0.464 e. The van der Waals surface area contributed by atoms with Gasteiger partial charge in [-0.25, -0.2) is 4.79 Å². The van der Waals surface area contributed by atoms with Crippen LogP contribution in [-0.2, 0) is 9.53 Å². The smallest absolute Gasteiger partial charge is 0.392 e. The van der Waals surface area contributed by atoms with E-state index in [2.05, 4.69) is 5.10 Å². The van der Waals surface area contributed by atoms with Crippen molar-refractivity contribution in [2.24, 2.45) is 0 Å². The van der Waals surface area contributed by atoms with Crippen molar-refractivity contribution in [2.75, 3.05) is 6.61 Å². The third-order valence-electron chi connectivity index (χ3n) is 2.09. The summed E-state index contributed by atoms with van der Waals surface area (Å²) in [7, 11) is 0. The van der Waals surface area contributed by atoms with E-state index in [1.165, 1.54) is 10.9 Å². The molecule has 0 saturated carbocycles. The van der Waals surface area contributed by atoms with Crippen LogP contribution in [0, 0.1) is 17.0 Å². The topological polar surface area (TPSA) is 87.3 Å². The molecule has 0 radical (unpaired) electrons. The molecule has 7 nitrogen and oxygen atoms in total. The number of nitro groups is 1. The molecule has 0 fully saturated rings. The van der Waals surface area contributed by atoms with Crippen molar-refractivity contribution in [3.63, 3.8) is 0 Å². The molecule has 0 amide bonds. The number of hydrogen-bond donors (Lipinski definition) is 0. The van der Waals surface area contributed by atoms with E-state index in [0.29, 0.717) is 5.56 Å². The number of aryl methyl sites for hydroxylation is 1. The van der Waals surface area contributed by atoms with Gasteiger partial charge in [-0.2, -0.15) is 4.68 Å². The van der Waals surface area contributed by atoms with E-state index in [1.807, 2.05) is 0 Å². The van der Waals surface area contributed by atoms with Crippen molar-refractivity contribution in [3.8, 4) is 0 Å². The van der Waals surface area contributed by atoms with Crippen molar-refractivity contribution >= 4 is 11.8 Å². The van der Waals surface area contributed by atoms with Crippen molar-refractivity contribution in [2.45, 2.75) is 26.8 Å². The standard InChI is InChI=1S/C9H13N3O4/c1-4-16-9(13)7(3)11-5-6(2)8(10-11)12(14)15/h5,7H,4H2,1-3H3. The van der Waals surface area contributed by atoms with E-state index in [9.17, 15) is 14.9 Å². The minimum absolute atomic E-state index is 0.240. The lowest BCUT2D eigenvalue weighted by Crippen LogP contribution is -2.19. The van der Waals surface area contributed by atoms with Gasteiger partial charge in [0.25, 0.3) is 0 Å². The van der Waals surface area contributed by atoms with Gasteiger partial charge in [0.2, 0.25) is 0 Å². The molecule has 0 aliphatic rings. The molecule has 1 rings (SSSR count). The van der Waals surface area contributed by atoms with Crippen molar-refractivity contribution in [1.29, 1.82) is 0 Å². The van der Waals surface area contributed by atoms with Crippen LogP contribution in [0.4, 0.5) is 5.82 Å². The number of rotatable bonds is 4. The molecule has 1 aromatic heterocycles. The number of esters is 1. The first-order valence-corrected chi connectivity index (χ1v) is 4.84. The predicted molar refractivity (Wildman–Crippen MR) is 55.0 cm³/mol. The van der Waals surface area contributed by atoms with E-state index in [4.69, 9.17) is 4.74 Å². The first kappa shape index (κ1) is 12.2. The number of nitrogens with zero attached hydrogens (tertiary/aromatic N) is 3. The Morgan fingerprint density at radius 2 is 2.38 bits per heavy atom. The zero-order valence-electron chi connectivity index (χ0n) is 9.34. The maximum absolute atomic E-state index is 11.4. The predicted octanol–water partition coefficient (Wildman–Crippen LogP) is 1.22. The average Bonchev–Trinajstić information content (AvgIpc) is 2.59. The number of aromatic nitrogens is 2. The lowest BCUT2D eigenvalue weighted by Gasteiger charge is -2.06. The van der Waals surface area contributed by atoms with Gasteiger partial charge in [0.05, 0.1) is 23.5 Å². The highest BCUT2D eigenvalue weighted by molar-refractivity contribution is 5.73. The Morgan fingerprint density at radius 3 is 2.81 bits per heavy atom. The quantitative estimate of drug-likeness (QED) is 0.438. The Hall–Kier alpha value is -1.92. The van der Waals surface area contributed by atoms with Crippen LogP contribution in [0.5, 0.6) is 0 Å². The van der Waals surface area contributed by atoms with Gasteiger partial charge in [-0.15, -0.1) is 0 Å². The maximum atomic E-state index is 11.4.